The number of carbonyl (C=O) groups is 1. The normalized spacial score (nSPS) is 15.1. The monoisotopic (exact) mass is 484 g/mol. The topological polar surface area (TPSA) is 66.9 Å². The van der Waals surface area contributed by atoms with E-state index in [0.717, 1.165) is 11.3 Å². The molecule has 2 heterocycles. The Morgan fingerprint density at radius 1 is 1.00 bits per heavy atom. The van der Waals surface area contributed by atoms with Crippen molar-refractivity contribution in [1.82, 2.24) is 9.21 Å². The van der Waals surface area contributed by atoms with E-state index in [9.17, 15) is 13.2 Å². The van der Waals surface area contributed by atoms with Gasteiger partial charge in [0.05, 0.1) is 9.77 Å². The predicted octanol–water partition coefficient (Wildman–Crippen LogP) is 4.60. The minimum absolute atomic E-state index is 0.0655. The number of carbonyl (C=O) groups excluding carboxylic acids is 1. The average molecular weight is 485 g/mol. The molecule has 4 rings (SSSR count). The molecule has 2 aromatic carbocycles. The van der Waals surface area contributed by atoms with Crippen LogP contribution in [0.1, 0.15) is 40.6 Å². The summed E-state index contributed by atoms with van der Waals surface area (Å²) in [6.45, 7) is 6.03. The second-order valence-electron chi connectivity index (χ2n) is 8.34. The lowest BCUT2D eigenvalue weighted by molar-refractivity contribution is 0.0702. The van der Waals surface area contributed by atoms with Crippen molar-refractivity contribution in [3.63, 3.8) is 0 Å². The molecule has 1 aromatic heterocycles. The Morgan fingerprint density at radius 3 is 2.30 bits per heavy atom. The number of ether oxygens (including phenoxy) is 1. The Hall–Kier alpha value is -2.68. The van der Waals surface area contributed by atoms with Gasteiger partial charge in [-0.15, -0.1) is 11.3 Å². The molecule has 6 nitrogen and oxygen atoms in total. The number of sulfonamides is 1. The molecule has 8 heteroatoms. The van der Waals surface area contributed by atoms with Gasteiger partial charge in [-0.2, -0.15) is 4.31 Å². The van der Waals surface area contributed by atoms with Crippen molar-refractivity contribution in [2.24, 2.45) is 0 Å². The second-order valence-corrected chi connectivity index (χ2v) is 11.2. The number of hydrogen-bond acceptors (Lipinski definition) is 5. The van der Waals surface area contributed by atoms with Gasteiger partial charge >= 0.3 is 0 Å². The summed E-state index contributed by atoms with van der Waals surface area (Å²) >= 11 is 1.39. The Labute approximate surface area is 199 Å². The third-order valence-electron chi connectivity index (χ3n) is 5.72. The van der Waals surface area contributed by atoms with Crippen LogP contribution in [0.2, 0.25) is 0 Å². The predicted molar refractivity (Wildman–Crippen MR) is 130 cm³/mol. The van der Waals surface area contributed by atoms with Crippen LogP contribution in [0, 0.1) is 0 Å². The number of piperazine rings is 1. The highest BCUT2D eigenvalue weighted by Gasteiger charge is 2.30. The van der Waals surface area contributed by atoms with Gasteiger partial charge in [0.2, 0.25) is 10.0 Å². The number of rotatable bonds is 7. The Balaban J connectivity index is 1.31. The third-order valence-corrected chi connectivity index (χ3v) is 8.60. The lowest BCUT2D eigenvalue weighted by atomic mass is 10.0. The van der Waals surface area contributed by atoms with Crippen molar-refractivity contribution in [3.8, 4) is 5.75 Å². The summed E-state index contributed by atoms with van der Waals surface area (Å²) in [5.74, 6) is 1.21. The average Bonchev–Trinajstić information content (AvgIpc) is 3.32. The number of nitrogens with zero attached hydrogens (tertiary/aromatic N) is 2. The molecule has 0 atom stereocenters. The van der Waals surface area contributed by atoms with Gasteiger partial charge in [0.15, 0.2) is 0 Å². The first-order chi connectivity index (χ1) is 15.8. The smallest absolute Gasteiger partial charge is 0.264 e. The van der Waals surface area contributed by atoms with Crippen molar-refractivity contribution < 1.29 is 17.9 Å². The first-order valence-corrected chi connectivity index (χ1v) is 13.3. The Morgan fingerprint density at radius 2 is 1.67 bits per heavy atom. The van der Waals surface area contributed by atoms with Gasteiger partial charge in [0.1, 0.15) is 12.4 Å². The molecule has 3 aromatic rings. The summed E-state index contributed by atoms with van der Waals surface area (Å²) in [4.78, 5) is 15.6. The van der Waals surface area contributed by atoms with E-state index in [-0.39, 0.29) is 23.9 Å². The van der Waals surface area contributed by atoms with E-state index in [0.29, 0.717) is 30.5 Å². The van der Waals surface area contributed by atoms with E-state index in [2.05, 4.69) is 26.0 Å². The van der Waals surface area contributed by atoms with Crippen LogP contribution in [-0.2, 0) is 16.6 Å². The van der Waals surface area contributed by atoms with Crippen LogP contribution in [0.25, 0.3) is 0 Å². The van der Waals surface area contributed by atoms with Crippen LogP contribution in [-0.4, -0.2) is 49.7 Å². The van der Waals surface area contributed by atoms with E-state index in [4.69, 9.17) is 4.74 Å². The zero-order valence-electron chi connectivity index (χ0n) is 18.8. The molecule has 1 fully saturated rings. The SMILES string of the molecule is CC(C)c1ccc(OCc2csc(C(=O)N3CCN(S(=O)(=O)c4ccccc4)CC3)c2)cc1. The van der Waals surface area contributed by atoms with E-state index in [1.165, 1.54) is 21.2 Å². The van der Waals surface area contributed by atoms with Gasteiger partial charge in [-0.25, -0.2) is 8.42 Å². The molecule has 1 aliphatic rings. The quantitative estimate of drug-likeness (QED) is 0.492. The second kappa shape index (κ2) is 10.1. The van der Waals surface area contributed by atoms with Crippen LogP contribution in [0.5, 0.6) is 5.75 Å². The molecule has 0 radical (unpaired) electrons. The van der Waals surface area contributed by atoms with Gasteiger partial charge in [0.25, 0.3) is 5.91 Å². The molecular weight excluding hydrogens is 456 g/mol. The Kier molecular flexibility index (Phi) is 7.17. The third kappa shape index (κ3) is 5.46. The largest absolute Gasteiger partial charge is 0.489 e. The van der Waals surface area contributed by atoms with Crippen LogP contribution in [0.4, 0.5) is 0 Å². The molecule has 0 aliphatic carbocycles. The van der Waals surface area contributed by atoms with E-state index in [1.807, 2.05) is 23.6 Å². The molecule has 1 aliphatic heterocycles. The summed E-state index contributed by atoms with van der Waals surface area (Å²) in [5, 5.41) is 1.94. The highest BCUT2D eigenvalue weighted by atomic mass is 32.2. The van der Waals surface area contributed by atoms with Gasteiger partial charge in [-0.05, 0) is 47.2 Å². The first kappa shape index (κ1) is 23.5. The highest BCUT2D eigenvalue weighted by molar-refractivity contribution is 7.89. The molecule has 0 N–H and O–H groups in total. The maximum atomic E-state index is 12.9. The number of thiophene rings is 1. The van der Waals surface area contributed by atoms with Gasteiger partial charge in [-0.1, -0.05) is 44.2 Å². The molecule has 0 unspecified atom stereocenters. The van der Waals surface area contributed by atoms with Crippen molar-refractivity contribution in [1.29, 1.82) is 0 Å². The van der Waals surface area contributed by atoms with Crippen LogP contribution in [0.3, 0.4) is 0 Å². The fourth-order valence-electron chi connectivity index (χ4n) is 3.71. The maximum absolute atomic E-state index is 12.9. The molecule has 0 spiro atoms. The van der Waals surface area contributed by atoms with Crippen molar-refractivity contribution in [2.75, 3.05) is 26.2 Å². The van der Waals surface area contributed by atoms with Crippen molar-refractivity contribution in [3.05, 3.63) is 82.0 Å². The van der Waals surface area contributed by atoms with Gasteiger partial charge in [0, 0.05) is 31.7 Å². The van der Waals surface area contributed by atoms with Crippen LogP contribution in [0.15, 0.2) is 70.9 Å². The zero-order chi connectivity index (χ0) is 23.4. The molecule has 174 valence electrons. The molecular formula is C25H28N2O4S2. The summed E-state index contributed by atoms with van der Waals surface area (Å²) in [7, 11) is -3.53. The molecule has 1 saturated heterocycles. The maximum Gasteiger partial charge on any atom is 0.264 e. The Bertz CT molecular complexity index is 1180. The summed E-state index contributed by atoms with van der Waals surface area (Å²) in [5.41, 5.74) is 2.21. The van der Waals surface area contributed by atoms with E-state index < -0.39 is 10.0 Å². The molecule has 0 saturated carbocycles. The summed E-state index contributed by atoms with van der Waals surface area (Å²) < 4.78 is 32.9. The lowest BCUT2D eigenvalue weighted by Gasteiger charge is -2.33. The number of hydrogen-bond donors (Lipinski definition) is 0. The minimum Gasteiger partial charge on any atom is -0.489 e. The van der Waals surface area contributed by atoms with E-state index >= 15 is 0 Å². The minimum atomic E-state index is -3.53. The van der Waals surface area contributed by atoms with Crippen molar-refractivity contribution in [2.45, 2.75) is 31.3 Å². The summed E-state index contributed by atoms with van der Waals surface area (Å²) in [6.07, 6.45) is 0. The first-order valence-electron chi connectivity index (χ1n) is 11.0. The number of benzene rings is 2. The molecule has 33 heavy (non-hydrogen) atoms. The highest BCUT2D eigenvalue weighted by Crippen LogP contribution is 2.23. The van der Waals surface area contributed by atoms with Crippen LogP contribution >= 0.6 is 11.3 Å². The zero-order valence-corrected chi connectivity index (χ0v) is 20.4. The number of amides is 1. The summed E-state index contributed by atoms with van der Waals surface area (Å²) in [6, 6.07) is 18.4. The van der Waals surface area contributed by atoms with Gasteiger partial charge < -0.3 is 9.64 Å². The fourth-order valence-corrected chi connectivity index (χ4v) is 6.01. The lowest BCUT2D eigenvalue weighted by Crippen LogP contribution is -2.50. The standard InChI is InChI=1S/C25H28N2O4S2/c1-19(2)21-8-10-22(11-9-21)31-17-20-16-24(32-18-20)25(28)26-12-14-27(15-13-26)33(29,30)23-6-4-3-5-7-23/h3-11,16,18-19H,12-15,17H2,1-2H3. The van der Waals surface area contributed by atoms with Crippen LogP contribution < -0.4 is 4.74 Å². The van der Waals surface area contributed by atoms with E-state index in [1.54, 1.807) is 35.2 Å². The molecule has 0 bridgehead atoms. The van der Waals surface area contributed by atoms with Crippen molar-refractivity contribution >= 4 is 27.3 Å². The fraction of sp³-hybridized carbons (Fsp3) is 0.320. The molecule has 1 amide bonds. The van der Waals surface area contributed by atoms with Gasteiger partial charge in [-0.3, -0.25) is 4.79 Å².